The average molecular weight is 741 g/mol. The van der Waals surface area contributed by atoms with Crippen LogP contribution in [0.25, 0.3) is 21.5 Å². The fraction of sp³-hybridized carbons (Fsp3) is 0.0278. The number of carbonyl (C=O) groups is 3. The molecule has 0 aliphatic heterocycles. The number of hydrogen-bond acceptors (Lipinski definition) is 8. The van der Waals surface area contributed by atoms with Crippen molar-refractivity contribution in [2.75, 3.05) is 28.4 Å². The Balaban J connectivity index is 1.33. The lowest BCUT2D eigenvalue weighted by molar-refractivity contribution is 0.102. The van der Waals surface area contributed by atoms with Gasteiger partial charge >= 0.3 is 6.03 Å². The fourth-order valence-electron chi connectivity index (χ4n) is 5.38. The Labute approximate surface area is 296 Å². The van der Waals surface area contributed by atoms with Crippen LogP contribution in [-0.4, -0.2) is 50.9 Å². The molecule has 6 aromatic rings. The lowest BCUT2D eigenvalue weighted by Gasteiger charge is -2.14. The molecule has 6 rings (SSSR count). The largest absolute Gasteiger partial charge is 0.497 e. The SMILES string of the molecule is COc1ccc(NC(=O)Nc2cc(C(=O)Nc3cccc4cc(S(=O)(=O)O)ccc34)cc(C(=O)Nc3cccc4cc(S(=O)(=O)O)ccc34)c2)cc1. The van der Waals surface area contributed by atoms with Crippen molar-refractivity contribution in [1.29, 1.82) is 0 Å². The van der Waals surface area contributed by atoms with Crippen LogP contribution in [-0.2, 0) is 20.2 Å². The van der Waals surface area contributed by atoms with Crippen LogP contribution in [0.5, 0.6) is 5.75 Å². The molecule has 264 valence electrons. The quantitative estimate of drug-likeness (QED) is 0.0868. The van der Waals surface area contributed by atoms with Gasteiger partial charge in [0.15, 0.2) is 0 Å². The molecule has 16 heteroatoms. The summed E-state index contributed by atoms with van der Waals surface area (Å²) in [5, 5.41) is 12.6. The highest BCUT2D eigenvalue weighted by molar-refractivity contribution is 7.86. The van der Waals surface area contributed by atoms with Crippen molar-refractivity contribution in [3.8, 4) is 5.75 Å². The highest BCUT2D eigenvalue weighted by atomic mass is 32.2. The second-order valence-electron chi connectivity index (χ2n) is 11.3. The van der Waals surface area contributed by atoms with Gasteiger partial charge in [-0.1, -0.05) is 36.4 Å². The second-order valence-corrected chi connectivity index (χ2v) is 14.2. The molecule has 0 aliphatic rings. The van der Waals surface area contributed by atoms with Gasteiger partial charge in [-0.25, -0.2) is 4.79 Å². The zero-order valence-electron chi connectivity index (χ0n) is 26.9. The van der Waals surface area contributed by atoms with Crippen LogP contribution in [0.3, 0.4) is 0 Å². The Morgan fingerprint density at radius 1 is 0.538 bits per heavy atom. The molecular formula is C36H28N4O10S2. The first-order valence-electron chi connectivity index (χ1n) is 15.2. The number of anilines is 4. The van der Waals surface area contributed by atoms with Crippen LogP contribution in [0.1, 0.15) is 20.7 Å². The van der Waals surface area contributed by atoms with E-state index in [2.05, 4.69) is 21.3 Å². The maximum Gasteiger partial charge on any atom is 0.323 e. The molecule has 0 unspecified atom stereocenters. The van der Waals surface area contributed by atoms with Crippen molar-refractivity contribution in [3.63, 3.8) is 0 Å². The lowest BCUT2D eigenvalue weighted by Crippen LogP contribution is -2.21. The summed E-state index contributed by atoms with van der Waals surface area (Å²) < 4.78 is 70.7. The molecule has 0 fully saturated rings. The Morgan fingerprint density at radius 2 is 1.00 bits per heavy atom. The zero-order chi connectivity index (χ0) is 37.2. The minimum Gasteiger partial charge on any atom is -0.497 e. The molecular weight excluding hydrogens is 713 g/mol. The minimum atomic E-state index is -4.47. The molecule has 6 N–H and O–H groups in total. The van der Waals surface area contributed by atoms with E-state index in [1.807, 2.05) is 0 Å². The van der Waals surface area contributed by atoms with E-state index in [0.29, 0.717) is 44.4 Å². The highest BCUT2D eigenvalue weighted by Gasteiger charge is 2.18. The summed E-state index contributed by atoms with van der Waals surface area (Å²) in [6.07, 6.45) is 0. The Morgan fingerprint density at radius 3 is 1.44 bits per heavy atom. The molecule has 0 aliphatic carbocycles. The minimum absolute atomic E-state index is 0.0327. The molecule has 0 heterocycles. The van der Waals surface area contributed by atoms with Crippen molar-refractivity contribution in [2.24, 2.45) is 0 Å². The average Bonchev–Trinajstić information content (AvgIpc) is 3.10. The number of carbonyl (C=O) groups excluding carboxylic acids is 3. The molecule has 14 nitrogen and oxygen atoms in total. The molecule has 0 aromatic heterocycles. The van der Waals surface area contributed by atoms with E-state index in [4.69, 9.17) is 4.74 Å². The van der Waals surface area contributed by atoms with E-state index in [9.17, 15) is 40.3 Å². The summed E-state index contributed by atoms with van der Waals surface area (Å²) >= 11 is 0. The van der Waals surface area contributed by atoms with Gasteiger partial charge in [-0.2, -0.15) is 16.8 Å². The first kappa shape index (κ1) is 35.5. The number of amides is 4. The van der Waals surface area contributed by atoms with Crippen LogP contribution < -0.4 is 26.0 Å². The number of rotatable bonds is 9. The number of urea groups is 1. The zero-order valence-corrected chi connectivity index (χ0v) is 28.6. The summed E-state index contributed by atoms with van der Waals surface area (Å²) in [6.45, 7) is 0. The topological polar surface area (TPSA) is 217 Å². The summed E-state index contributed by atoms with van der Waals surface area (Å²) in [7, 11) is -7.44. The van der Waals surface area contributed by atoms with Gasteiger partial charge in [0, 0.05) is 44.6 Å². The van der Waals surface area contributed by atoms with Crippen molar-refractivity contribution in [3.05, 3.63) is 126 Å². The van der Waals surface area contributed by atoms with E-state index < -0.39 is 38.1 Å². The van der Waals surface area contributed by atoms with Crippen molar-refractivity contribution in [2.45, 2.75) is 9.79 Å². The van der Waals surface area contributed by atoms with Gasteiger partial charge in [0.05, 0.1) is 16.9 Å². The smallest absolute Gasteiger partial charge is 0.323 e. The fourth-order valence-corrected chi connectivity index (χ4v) is 6.41. The molecule has 0 bridgehead atoms. The van der Waals surface area contributed by atoms with Gasteiger partial charge < -0.3 is 26.0 Å². The maximum absolute atomic E-state index is 13.7. The third kappa shape index (κ3) is 8.00. The van der Waals surface area contributed by atoms with Gasteiger partial charge in [0.2, 0.25) is 0 Å². The van der Waals surface area contributed by atoms with Gasteiger partial charge in [-0.05, 0) is 89.6 Å². The Hall–Kier alpha value is -6.33. The third-order valence-corrected chi connectivity index (χ3v) is 9.56. The van der Waals surface area contributed by atoms with Gasteiger partial charge in [0.25, 0.3) is 32.1 Å². The van der Waals surface area contributed by atoms with Gasteiger partial charge in [-0.15, -0.1) is 0 Å². The molecule has 4 amide bonds. The highest BCUT2D eigenvalue weighted by Crippen LogP contribution is 2.29. The van der Waals surface area contributed by atoms with E-state index in [1.54, 1.807) is 60.7 Å². The van der Waals surface area contributed by atoms with Crippen molar-refractivity contribution in [1.82, 2.24) is 0 Å². The summed E-state index contributed by atoms with van der Waals surface area (Å²) in [5.41, 5.74) is 1.04. The first-order valence-corrected chi connectivity index (χ1v) is 18.1. The van der Waals surface area contributed by atoms with Crippen LogP contribution in [0.2, 0.25) is 0 Å². The number of fused-ring (bicyclic) bond motifs is 2. The Bertz CT molecular complexity index is 2480. The monoisotopic (exact) mass is 740 g/mol. The van der Waals surface area contributed by atoms with E-state index in [1.165, 1.54) is 61.7 Å². The summed E-state index contributed by atoms with van der Waals surface area (Å²) in [4.78, 5) is 39.8. The predicted octanol–water partition coefficient (Wildman–Crippen LogP) is 6.64. The standard InChI is InChI=1S/C36H28N4O10S2/c1-50-27-10-8-25(9-11-27)37-36(43)38-26-17-23(34(41)39-32-6-2-4-21-19-28(51(44,45)46)12-14-30(21)32)16-24(18-26)35(42)40-33-7-3-5-22-20-29(52(47,48)49)13-15-31(22)33/h2-20H,1H3,(H,39,41)(H,40,42)(H2,37,38,43)(H,44,45,46)(H,47,48,49). The molecule has 0 atom stereocenters. The second kappa shape index (κ2) is 14.1. The van der Waals surface area contributed by atoms with Crippen LogP contribution in [0, 0.1) is 0 Å². The Kier molecular flexibility index (Phi) is 9.64. The molecule has 0 saturated heterocycles. The number of methoxy groups -OCH3 is 1. The first-order chi connectivity index (χ1) is 24.7. The molecule has 0 saturated carbocycles. The van der Waals surface area contributed by atoms with E-state index in [-0.39, 0.29) is 26.6 Å². The number of benzene rings is 6. The maximum atomic E-state index is 13.7. The summed E-state index contributed by atoms with van der Waals surface area (Å²) in [5.74, 6) is -0.777. The summed E-state index contributed by atoms with van der Waals surface area (Å²) in [6, 6.07) is 27.2. The van der Waals surface area contributed by atoms with E-state index >= 15 is 0 Å². The molecule has 0 radical (unpaired) electrons. The van der Waals surface area contributed by atoms with Gasteiger partial charge in [-0.3, -0.25) is 18.7 Å². The van der Waals surface area contributed by atoms with Crippen LogP contribution in [0.15, 0.2) is 125 Å². The van der Waals surface area contributed by atoms with Crippen molar-refractivity contribution >= 4 is 82.4 Å². The number of ether oxygens (including phenoxy) is 1. The molecule has 52 heavy (non-hydrogen) atoms. The number of nitrogens with one attached hydrogen (secondary N) is 4. The van der Waals surface area contributed by atoms with Crippen molar-refractivity contribution < 1.29 is 45.1 Å². The van der Waals surface area contributed by atoms with E-state index in [0.717, 1.165) is 0 Å². The predicted molar refractivity (Wildman–Crippen MR) is 196 cm³/mol. The lowest BCUT2D eigenvalue weighted by atomic mass is 10.1. The normalized spacial score (nSPS) is 11.5. The third-order valence-electron chi connectivity index (χ3n) is 7.86. The van der Waals surface area contributed by atoms with Crippen LogP contribution in [0.4, 0.5) is 27.5 Å². The van der Waals surface area contributed by atoms with Gasteiger partial charge in [0.1, 0.15) is 5.75 Å². The number of hydrogen-bond donors (Lipinski definition) is 6. The molecule has 0 spiro atoms. The van der Waals surface area contributed by atoms with Crippen LogP contribution >= 0.6 is 0 Å². The molecule has 6 aromatic carbocycles.